The Kier molecular flexibility index (Phi) is 5.09. The van der Waals surface area contributed by atoms with Gasteiger partial charge in [-0.2, -0.15) is 0 Å². The lowest BCUT2D eigenvalue weighted by Crippen LogP contribution is -2.39. The summed E-state index contributed by atoms with van der Waals surface area (Å²) in [6.07, 6.45) is 0. The molecule has 0 unspecified atom stereocenters. The van der Waals surface area contributed by atoms with E-state index in [9.17, 15) is 4.79 Å². The number of benzene rings is 2. The maximum absolute atomic E-state index is 13.4. The van der Waals surface area contributed by atoms with Gasteiger partial charge in [0.2, 0.25) is 0 Å². The molecule has 0 saturated carbocycles. The molecule has 0 spiro atoms. The molecule has 5 rings (SSSR count). The van der Waals surface area contributed by atoms with Gasteiger partial charge in [0.25, 0.3) is 0 Å². The van der Waals surface area contributed by atoms with Gasteiger partial charge in [0.05, 0.1) is 28.8 Å². The van der Waals surface area contributed by atoms with Crippen LogP contribution in [0.1, 0.15) is 0 Å². The highest BCUT2D eigenvalue weighted by molar-refractivity contribution is 7.25. The number of hydrogen-bond acceptors (Lipinski definition) is 6. The Morgan fingerprint density at radius 3 is 2.83 bits per heavy atom. The molecule has 29 heavy (non-hydrogen) atoms. The molecule has 0 amide bonds. The van der Waals surface area contributed by atoms with Crippen molar-refractivity contribution < 1.29 is 4.74 Å². The summed E-state index contributed by atoms with van der Waals surface area (Å²) in [5.41, 5.74) is 0.825. The van der Waals surface area contributed by atoms with Crippen molar-refractivity contribution >= 4 is 59.8 Å². The quantitative estimate of drug-likeness (QED) is 0.389. The molecule has 1 aliphatic heterocycles. The number of nitrogens with zero attached hydrogens (tertiary/aromatic N) is 2. The van der Waals surface area contributed by atoms with Gasteiger partial charge in [-0.25, -0.2) is 4.98 Å². The fraction of sp³-hybridized carbons (Fsp3) is 0.273. The highest BCUT2D eigenvalue weighted by atomic mass is 35.5. The SMILES string of the molecule is O=c1c2cc(Cl)ccc2sc2c(NCCN3CCOCC3)nc3ccccc3c12. The van der Waals surface area contributed by atoms with Crippen LogP contribution in [0.4, 0.5) is 5.82 Å². The highest BCUT2D eigenvalue weighted by Crippen LogP contribution is 2.34. The third-order valence-electron chi connectivity index (χ3n) is 5.30. The predicted octanol–water partition coefficient (Wildman–Crippen LogP) is 4.36. The summed E-state index contributed by atoms with van der Waals surface area (Å²) in [5, 5.41) is 6.30. The smallest absolute Gasteiger partial charge is 0.196 e. The standard InChI is InChI=1S/C22H20ClN3O2S/c23-14-5-6-18-16(13-14)20(27)19-15-3-1-2-4-17(15)25-22(21(19)29-18)24-7-8-26-9-11-28-12-10-26/h1-6,13H,7-12H2,(H,24,25). The summed E-state index contributed by atoms with van der Waals surface area (Å²) in [5.74, 6) is 0.769. The first-order valence-corrected chi connectivity index (χ1v) is 10.9. The van der Waals surface area contributed by atoms with Crippen LogP contribution >= 0.6 is 22.9 Å². The molecular formula is C22H20ClN3O2S. The lowest BCUT2D eigenvalue weighted by Gasteiger charge is -2.26. The zero-order chi connectivity index (χ0) is 19.8. The molecule has 1 aliphatic rings. The van der Waals surface area contributed by atoms with Crippen LogP contribution in [0.2, 0.25) is 5.02 Å². The van der Waals surface area contributed by atoms with E-state index in [-0.39, 0.29) is 5.43 Å². The molecule has 2 aromatic carbocycles. The number of hydrogen-bond donors (Lipinski definition) is 1. The van der Waals surface area contributed by atoms with E-state index in [0.717, 1.165) is 65.5 Å². The Bertz CT molecular complexity index is 1270. The van der Waals surface area contributed by atoms with Gasteiger partial charge in [0, 0.05) is 46.7 Å². The molecule has 0 aliphatic carbocycles. The molecule has 0 bridgehead atoms. The minimum absolute atomic E-state index is 0.00563. The first-order chi connectivity index (χ1) is 14.2. The Morgan fingerprint density at radius 1 is 1.14 bits per heavy atom. The number of pyridine rings is 1. The van der Waals surface area contributed by atoms with Gasteiger partial charge in [0.1, 0.15) is 5.82 Å². The largest absolute Gasteiger partial charge is 0.379 e. The van der Waals surface area contributed by atoms with E-state index in [1.165, 1.54) is 0 Å². The van der Waals surface area contributed by atoms with E-state index in [1.807, 2.05) is 36.4 Å². The van der Waals surface area contributed by atoms with Crippen LogP contribution in [0.5, 0.6) is 0 Å². The average molecular weight is 426 g/mol. The molecule has 0 atom stereocenters. The van der Waals surface area contributed by atoms with E-state index in [1.54, 1.807) is 17.4 Å². The molecule has 7 heteroatoms. The maximum atomic E-state index is 13.4. The van der Waals surface area contributed by atoms with Crippen molar-refractivity contribution in [2.24, 2.45) is 0 Å². The second-order valence-corrected chi connectivity index (χ2v) is 8.62. The molecule has 3 heterocycles. The van der Waals surface area contributed by atoms with E-state index in [2.05, 4.69) is 10.2 Å². The van der Waals surface area contributed by atoms with Gasteiger partial charge in [0.15, 0.2) is 5.43 Å². The fourth-order valence-electron chi connectivity index (χ4n) is 3.81. The summed E-state index contributed by atoms with van der Waals surface area (Å²) in [4.78, 5) is 20.6. The third-order valence-corrected chi connectivity index (χ3v) is 6.71. The number of rotatable bonds is 4. The Morgan fingerprint density at radius 2 is 1.97 bits per heavy atom. The van der Waals surface area contributed by atoms with Gasteiger partial charge < -0.3 is 10.1 Å². The normalized spacial score (nSPS) is 15.3. The molecule has 0 radical (unpaired) electrons. The van der Waals surface area contributed by atoms with Gasteiger partial charge in [-0.3, -0.25) is 9.69 Å². The highest BCUT2D eigenvalue weighted by Gasteiger charge is 2.16. The summed E-state index contributed by atoms with van der Waals surface area (Å²) in [7, 11) is 0. The molecule has 5 nitrogen and oxygen atoms in total. The molecule has 1 N–H and O–H groups in total. The summed E-state index contributed by atoms with van der Waals surface area (Å²) in [6.45, 7) is 5.15. The molecule has 2 aromatic heterocycles. The maximum Gasteiger partial charge on any atom is 0.196 e. The number of anilines is 1. The topological polar surface area (TPSA) is 54.5 Å². The number of morpholine rings is 1. The van der Waals surface area contributed by atoms with Crippen molar-refractivity contribution in [2.45, 2.75) is 0 Å². The monoisotopic (exact) mass is 425 g/mol. The van der Waals surface area contributed by atoms with Gasteiger partial charge >= 0.3 is 0 Å². The minimum Gasteiger partial charge on any atom is -0.379 e. The molecular weight excluding hydrogens is 406 g/mol. The average Bonchev–Trinajstić information content (AvgIpc) is 2.75. The lowest BCUT2D eigenvalue weighted by atomic mass is 10.1. The predicted molar refractivity (Wildman–Crippen MR) is 122 cm³/mol. The van der Waals surface area contributed by atoms with Gasteiger partial charge in [-0.05, 0) is 24.3 Å². The van der Waals surface area contributed by atoms with E-state index in [4.69, 9.17) is 21.3 Å². The van der Waals surface area contributed by atoms with Crippen molar-refractivity contribution in [2.75, 3.05) is 44.7 Å². The first-order valence-electron chi connectivity index (χ1n) is 9.69. The van der Waals surface area contributed by atoms with Gasteiger partial charge in [-0.1, -0.05) is 29.8 Å². The molecule has 4 aromatic rings. The van der Waals surface area contributed by atoms with Crippen LogP contribution in [0.3, 0.4) is 0 Å². The number of halogens is 1. The zero-order valence-corrected chi connectivity index (χ0v) is 17.4. The van der Waals surface area contributed by atoms with Crippen molar-refractivity contribution in [1.29, 1.82) is 0 Å². The second-order valence-electron chi connectivity index (χ2n) is 7.13. The van der Waals surface area contributed by atoms with Crippen molar-refractivity contribution in [1.82, 2.24) is 9.88 Å². The van der Waals surface area contributed by atoms with Crippen molar-refractivity contribution in [3.63, 3.8) is 0 Å². The second kappa shape index (κ2) is 7.88. The van der Waals surface area contributed by atoms with Crippen molar-refractivity contribution in [3.05, 3.63) is 57.7 Å². The number of para-hydroxylation sites is 1. The molecule has 1 fully saturated rings. The number of nitrogens with one attached hydrogen (secondary N) is 1. The summed E-state index contributed by atoms with van der Waals surface area (Å²) < 4.78 is 7.23. The number of fused-ring (bicyclic) bond motifs is 4. The molecule has 148 valence electrons. The number of ether oxygens (including phenoxy) is 1. The van der Waals surface area contributed by atoms with E-state index >= 15 is 0 Å². The minimum atomic E-state index is 0.00563. The van der Waals surface area contributed by atoms with Gasteiger partial charge in [-0.15, -0.1) is 11.3 Å². The van der Waals surface area contributed by atoms with Crippen LogP contribution in [0, 0.1) is 0 Å². The first kappa shape index (κ1) is 18.8. The Balaban J connectivity index is 1.63. The Hall–Kier alpha value is -2.25. The van der Waals surface area contributed by atoms with Crippen LogP contribution < -0.4 is 10.7 Å². The van der Waals surface area contributed by atoms with Crippen LogP contribution in [0.15, 0.2) is 47.3 Å². The molecule has 1 saturated heterocycles. The summed E-state index contributed by atoms with van der Waals surface area (Å²) in [6, 6.07) is 13.3. The lowest BCUT2D eigenvalue weighted by molar-refractivity contribution is 0.0398. The zero-order valence-electron chi connectivity index (χ0n) is 15.8. The third kappa shape index (κ3) is 3.57. The Labute approximate surface area is 176 Å². The van der Waals surface area contributed by atoms with Crippen LogP contribution in [-0.2, 0) is 4.74 Å². The van der Waals surface area contributed by atoms with Crippen molar-refractivity contribution in [3.8, 4) is 0 Å². The van der Waals surface area contributed by atoms with Crippen LogP contribution in [-0.4, -0.2) is 49.3 Å². The number of aromatic nitrogens is 1. The van der Waals surface area contributed by atoms with E-state index in [0.29, 0.717) is 15.8 Å². The van der Waals surface area contributed by atoms with Crippen LogP contribution in [0.25, 0.3) is 31.1 Å². The fourth-order valence-corrected chi connectivity index (χ4v) is 5.12. The van der Waals surface area contributed by atoms with E-state index < -0.39 is 0 Å². The summed E-state index contributed by atoms with van der Waals surface area (Å²) >= 11 is 7.75.